The van der Waals surface area contributed by atoms with Gasteiger partial charge in [0.15, 0.2) is 0 Å². The van der Waals surface area contributed by atoms with Crippen molar-refractivity contribution in [2.75, 3.05) is 26.3 Å². The van der Waals surface area contributed by atoms with Crippen molar-refractivity contribution in [1.82, 2.24) is 4.90 Å². The molecule has 0 N–H and O–H groups in total. The summed E-state index contributed by atoms with van der Waals surface area (Å²) in [6.07, 6.45) is 0.475. The van der Waals surface area contributed by atoms with Crippen molar-refractivity contribution >= 4 is 17.5 Å². The van der Waals surface area contributed by atoms with Crippen molar-refractivity contribution < 1.29 is 14.3 Å². The number of hydrogen-bond acceptors (Lipinski definition) is 3. The Morgan fingerprint density at radius 3 is 2.84 bits per heavy atom. The molecule has 0 aromatic heterocycles. The highest BCUT2D eigenvalue weighted by Crippen LogP contribution is 2.26. The molecule has 5 heteroatoms. The second kappa shape index (κ2) is 6.78. The van der Waals surface area contributed by atoms with Crippen molar-refractivity contribution in [3.63, 3.8) is 0 Å². The van der Waals surface area contributed by atoms with Crippen molar-refractivity contribution in [2.45, 2.75) is 19.4 Å². The molecular formula is C14H18ClNO3. The van der Waals surface area contributed by atoms with E-state index in [1.165, 1.54) is 0 Å². The summed E-state index contributed by atoms with van der Waals surface area (Å²) in [4.78, 5) is 13.5. The number of likely N-dealkylation sites (tertiary alicyclic amines) is 1. The highest BCUT2D eigenvalue weighted by Gasteiger charge is 2.32. The van der Waals surface area contributed by atoms with Gasteiger partial charge in [0.1, 0.15) is 11.9 Å². The van der Waals surface area contributed by atoms with E-state index in [0.29, 0.717) is 43.5 Å². The maximum atomic E-state index is 11.7. The van der Waals surface area contributed by atoms with Crippen LogP contribution in [0.4, 0.5) is 0 Å². The van der Waals surface area contributed by atoms with Gasteiger partial charge in [-0.2, -0.15) is 0 Å². The lowest BCUT2D eigenvalue weighted by Crippen LogP contribution is -2.56. The Morgan fingerprint density at radius 2 is 2.16 bits per heavy atom. The van der Waals surface area contributed by atoms with E-state index in [1.807, 2.05) is 25.1 Å². The zero-order valence-electron chi connectivity index (χ0n) is 11.0. The van der Waals surface area contributed by atoms with Gasteiger partial charge in [0.05, 0.1) is 31.1 Å². The van der Waals surface area contributed by atoms with Gasteiger partial charge in [-0.1, -0.05) is 23.7 Å². The van der Waals surface area contributed by atoms with Crippen LogP contribution in [-0.4, -0.2) is 43.2 Å². The molecule has 1 heterocycles. The largest absolute Gasteiger partial charge is 0.485 e. The van der Waals surface area contributed by atoms with Crippen LogP contribution in [0.25, 0.3) is 0 Å². The number of ether oxygens (including phenoxy) is 2. The Labute approximate surface area is 118 Å². The smallest absolute Gasteiger partial charge is 0.225 e. The SMILES string of the molecule is CCOCCC(=O)N1CC(Oc2ccccc2Cl)C1. The van der Waals surface area contributed by atoms with Crippen molar-refractivity contribution in [2.24, 2.45) is 0 Å². The Hall–Kier alpha value is -1.26. The molecule has 0 spiro atoms. The van der Waals surface area contributed by atoms with Crippen LogP contribution in [0.2, 0.25) is 5.02 Å². The van der Waals surface area contributed by atoms with Gasteiger partial charge in [-0.15, -0.1) is 0 Å². The molecule has 104 valence electrons. The first kappa shape index (κ1) is 14.2. The minimum Gasteiger partial charge on any atom is -0.485 e. The van der Waals surface area contributed by atoms with Crippen LogP contribution in [0.5, 0.6) is 5.75 Å². The Morgan fingerprint density at radius 1 is 1.42 bits per heavy atom. The number of rotatable bonds is 6. The predicted molar refractivity (Wildman–Crippen MR) is 73.6 cm³/mol. The number of amides is 1. The minimum atomic E-state index is 0.0379. The fourth-order valence-electron chi connectivity index (χ4n) is 1.90. The lowest BCUT2D eigenvalue weighted by atomic mass is 10.1. The summed E-state index contributed by atoms with van der Waals surface area (Å²) in [6.45, 7) is 4.29. The second-order valence-electron chi connectivity index (χ2n) is 4.42. The quantitative estimate of drug-likeness (QED) is 0.752. The highest BCUT2D eigenvalue weighted by atomic mass is 35.5. The summed E-state index contributed by atoms with van der Waals surface area (Å²) >= 11 is 6.01. The van der Waals surface area contributed by atoms with Gasteiger partial charge in [0.25, 0.3) is 0 Å². The van der Waals surface area contributed by atoms with Gasteiger partial charge < -0.3 is 14.4 Å². The van der Waals surface area contributed by atoms with Crippen LogP contribution in [-0.2, 0) is 9.53 Å². The zero-order valence-corrected chi connectivity index (χ0v) is 11.7. The fourth-order valence-corrected chi connectivity index (χ4v) is 2.08. The maximum Gasteiger partial charge on any atom is 0.225 e. The molecule has 1 aliphatic heterocycles. The molecule has 1 saturated heterocycles. The van der Waals surface area contributed by atoms with Crippen molar-refractivity contribution in [1.29, 1.82) is 0 Å². The zero-order chi connectivity index (χ0) is 13.7. The molecule has 2 rings (SSSR count). The van der Waals surface area contributed by atoms with Crippen LogP contribution in [0.1, 0.15) is 13.3 Å². The van der Waals surface area contributed by atoms with Gasteiger partial charge in [0.2, 0.25) is 5.91 Å². The van der Waals surface area contributed by atoms with E-state index < -0.39 is 0 Å². The predicted octanol–water partition coefficient (Wildman–Crippen LogP) is 2.36. The second-order valence-corrected chi connectivity index (χ2v) is 4.82. The summed E-state index contributed by atoms with van der Waals surface area (Å²) in [7, 11) is 0. The molecule has 1 aliphatic rings. The van der Waals surface area contributed by atoms with Crippen LogP contribution in [0.15, 0.2) is 24.3 Å². The molecule has 0 unspecified atom stereocenters. The van der Waals surface area contributed by atoms with Crippen LogP contribution in [0.3, 0.4) is 0 Å². The summed E-state index contributed by atoms with van der Waals surface area (Å²) in [5, 5.41) is 0.601. The van der Waals surface area contributed by atoms with E-state index in [0.717, 1.165) is 0 Å². The number of nitrogens with zero attached hydrogens (tertiary/aromatic N) is 1. The Kier molecular flexibility index (Phi) is 5.05. The molecule has 1 aromatic rings. The molecule has 0 bridgehead atoms. The third kappa shape index (κ3) is 3.85. The maximum absolute atomic E-state index is 11.7. The van der Waals surface area contributed by atoms with Crippen molar-refractivity contribution in [3.05, 3.63) is 29.3 Å². The Bertz CT molecular complexity index is 432. The van der Waals surface area contributed by atoms with Crippen LogP contribution in [0, 0.1) is 0 Å². The van der Waals surface area contributed by atoms with Crippen molar-refractivity contribution in [3.8, 4) is 5.75 Å². The van der Waals surface area contributed by atoms with E-state index in [2.05, 4.69) is 0 Å². The molecule has 0 saturated carbocycles. The van der Waals surface area contributed by atoms with E-state index >= 15 is 0 Å². The molecule has 1 fully saturated rings. The van der Waals surface area contributed by atoms with Gasteiger partial charge in [-0.05, 0) is 19.1 Å². The highest BCUT2D eigenvalue weighted by molar-refractivity contribution is 6.32. The molecule has 19 heavy (non-hydrogen) atoms. The summed E-state index contributed by atoms with van der Waals surface area (Å²) in [6, 6.07) is 7.37. The fraction of sp³-hybridized carbons (Fsp3) is 0.500. The van der Waals surface area contributed by atoms with Crippen LogP contribution >= 0.6 is 11.6 Å². The average molecular weight is 284 g/mol. The monoisotopic (exact) mass is 283 g/mol. The van der Waals surface area contributed by atoms with E-state index in [-0.39, 0.29) is 12.0 Å². The number of benzene rings is 1. The number of hydrogen-bond donors (Lipinski definition) is 0. The number of halogens is 1. The summed E-state index contributed by atoms with van der Waals surface area (Å²) in [5.41, 5.74) is 0. The van der Waals surface area contributed by atoms with Gasteiger partial charge in [-0.25, -0.2) is 0 Å². The Balaban J connectivity index is 1.71. The summed E-state index contributed by atoms with van der Waals surface area (Å²) < 4.78 is 10.9. The molecule has 4 nitrogen and oxygen atoms in total. The van der Waals surface area contributed by atoms with Crippen LogP contribution < -0.4 is 4.74 Å². The molecule has 1 amide bonds. The first-order valence-corrected chi connectivity index (χ1v) is 6.85. The molecule has 1 aromatic carbocycles. The molecule has 0 radical (unpaired) electrons. The molecular weight excluding hydrogens is 266 g/mol. The standard InChI is InChI=1S/C14H18ClNO3/c1-2-18-8-7-14(17)16-9-11(10-16)19-13-6-4-3-5-12(13)15/h3-6,11H,2,7-10H2,1H3. The van der Waals surface area contributed by atoms with E-state index in [4.69, 9.17) is 21.1 Å². The topological polar surface area (TPSA) is 38.8 Å². The van der Waals surface area contributed by atoms with E-state index in [9.17, 15) is 4.79 Å². The lowest BCUT2D eigenvalue weighted by molar-refractivity contribution is -0.141. The average Bonchev–Trinajstić information content (AvgIpc) is 2.35. The number of carbonyl (C=O) groups is 1. The van der Waals surface area contributed by atoms with Gasteiger partial charge >= 0.3 is 0 Å². The lowest BCUT2D eigenvalue weighted by Gasteiger charge is -2.39. The minimum absolute atomic E-state index is 0.0379. The number of para-hydroxylation sites is 1. The number of carbonyl (C=O) groups excluding carboxylic acids is 1. The van der Waals surface area contributed by atoms with Gasteiger partial charge in [-0.3, -0.25) is 4.79 Å². The van der Waals surface area contributed by atoms with E-state index in [1.54, 1.807) is 11.0 Å². The molecule has 0 aliphatic carbocycles. The molecule has 0 atom stereocenters. The normalized spacial score (nSPS) is 15.2. The first-order chi connectivity index (χ1) is 9.20. The summed E-state index contributed by atoms with van der Waals surface area (Å²) in [5.74, 6) is 0.794. The third-order valence-electron chi connectivity index (χ3n) is 3.00. The first-order valence-electron chi connectivity index (χ1n) is 6.47. The van der Waals surface area contributed by atoms with Gasteiger partial charge in [0, 0.05) is 6.61 Å². The third-order valence-corrected chi connectivity index (χ3v) is 3.31.